The summed E-state index contributed by atoms with van der Waals surface area (Å²) in [6.45, 7) is 1.67. The van der Waals surface area contributed by atoms with E-state index in [2.05, 4.69) is 10.1 Å². The lowest BCUT2D eigenvalue weighted by molar-refractivity contribution is 0.0984. The third-order valence-electron chi connectivity index (χ3n) is 5.48. The lowest BCUT2D eigenvalue weighted by Gasteiger charge is -2.03. The van der Waals surface area contributed by atoms with Gasteiger partial charge >= 0.3 is 0 Å². The van der Waals surface area contributed by atoms with E-state index in [0.29, 0.717) is 48.8 Å². The molecule has 0 fully saturated rings. The first-order valence-corrected chi connectivity index (χ1v) is 13.1. The second-order valence-electron chi connectivity index (χ2n) is 7.81. The van der Waals surface area contributed by atoms with Gasteiger partial charge in [0.05, 0.1) is 24.7 Å². The summed E-state index contributed by atoms with van der Waals surface area (Å²) in [6, 6.07) is 10.4. The molecule has 0 unspecified atom stereocenters. The molecule has 0 saturated carbocycles. The van der Waals surface area contributed by atoms with Crippen LogP contribution in [0.15, 0.2) is 53.0 Å². The Morgan fingerprint density at radius 1 is 1.09 bits per heavy atom. The van der Waals surface area contributed by atoms with Gasteiger partial charge in [-0.2, -0.15) is 5.10 Å². The first kappa shape index (κ1) is 25.3. The number of hydrogen-bond acceptors (Lipinski definition) is 7. The molecule has 0 spiro atoms. The molecule has 0 aliphatic rings. The Morgan fingerprint density at radius 3 is 2.51 bits per heavy atom. The van der Waals surface area contributed by atoms with Gasteiger partial charge in [-0.05, 0) is 49.2 Å². The molecule has 0 radical (unpaired) electrons. The van der Waals surface area contributed by atoms with E-state index in [9.17, 15) is 14.7 Å². The Balaban J connectivity index is 1.40. The molecule has 4 rings (SSSR count). The van der Waals surface area contributed by atoms with Crippen LogP contribution in [0.1, 0.15) is 43.9 Å². The smallest absolute Gasteiger partial charge is 0.194 e. The summed E-state index contributed by atoms with van der Waals surface area (Å²) in [5, 5.41) is 17.5. The molecule has 0 aliphatic heterocycles. The van der Waals surface area contributed by atoms with Crippen molar-refractivity contribution in [3.63, 3.8) is 0 Å². The lowest BCUT2D eigenvalue weighted by Crippen LogP contribution is -2.04. The number of nitrogens with zero attached hydrogens (tertiary/aromatic N) is 3. The second kappa shape index (κ2) is 10.9. The normalized spacial score (nSPS) is 11.7. The topological polar surface area (TPSA) is 84.5 Å². The summed E-state index contributed by atoms with van der Waals surface area (Å²) >= 11 is 14.6. The first-order chi connectivity index (χ1) is 16.7. The van der Waals surface area contributed by atoms with Gasteiger partial charge in [0.1, 0.15) is 12.3 Å². The zero-order valence-electron chi connectivity index (χ0n) is 18.9. The summed E-state index contributed by atoms with van der Waals surface area (Å²) in [5.41, 5.74) is 2.83. The summed E-state index contributed by atoms with van der Waals surface area (Å²) in [4.78, 5) is 31.3. The van der Waals surface area contributed by atoms with Gasteiger partial charge in [0.2, 0.25) is 0 Å². The van der Waals surface area contributed by atoms with Crippen LogP contribution in [0.3, 0.4) is 0 Å². The number of aliphatic imine (C=N–C) groups is 1. The first-order valence-electron chi connectivity index (χ1n) is 10.6. The minimum absolute atomic E-state index is 0.00652. The zero-order valence-corrected chi connectivity index (χ0v) is 22.1. The fourth-order valence-corrected chi connectivity index (χ4v) is 5.66. The molecule has 180 valence electrons. The number of Topliss-reactive ketones (excluding diaryl/α,β-unsaturated/α-hetero) is 2. The molecule has 3 aromatic heterocycles. The van der Waals surface area contributed by atoms with Crippen molar-refractivity contribution in [2.24, 2.45) is 12.0 Å². The second-order valence-corrected chi connectivity index (χ2v) is 10.6. The van der Waals surface area contributed by atoms with Gasteiger partial charge in [0.25, 0.3) is 0 Å². The number of ketones is 2. The summed E-state index contributed by atoms with van der Waals surface area (Å²) in [5.74, 6) is -0.105. The fraction of sp³-hybridized carbons (Fsp3) is 0.200. The molecular formula is C25H21Cl2N3O3S2. The Morgan fingerprint density at radius 2 is 1.83 bits per heavy atom. The zero-order chi connectivity index (χ0) is 25.1. The minimum Gasteiger partial charge on any atom is -0.506 e. The molecule has 0 atom stereocenters. The fourth-order valence-electron chi connectivity index (χ4n) is 3.45. The SMILES string of the molecule is CC(=NCC(=O)c1ccc(C(=O)CCc2ccnn2C)s1)c1csc(-c2ccc(Cl)c(Cl)c2)c1O. The molecule has 1 N–H and O–H groups in total. The highest BCUT2D eigenvalue weighted by Crippen LogP contribution is 2.40. The highest BCUT2D eigenvalue weighted by Gasteiger charge is 2.17. The van der Waals surface area contributed by atoms with Crippen molar-refractivity contribution >= 4 is 63.2 Å². The number of carbonyl (C=O) groups excluding carboxylic acids is 2. The number of rotatable bonds is 9. The van der Waals surface area contributed by atoms with Gasteiger partial charge in [-0.15, -0.1) is 22.7 Å². The molecule has 10 heteroatoms. The maximum Gasteiger partial charge on any atom is 0.194 e. The Bertz CT molecular complexity index is 1440. The van der Waals surface area contributed by atoms with Crippen LogP contribution in [0.25, 0.3) is 10.4 Å². The molecular weight excluding hydrogens is 525 g/mol. The molecule has 0 saturated heterocycles. The monoisotopic (exact) mass is 545 g/mol. The molecule has 4 aromatic rings. The largest absolute Gasteiger partial charge is 0.506 e. The summed E-state index contributed by atoms with van der Waals surface area (Å²) in [6.07, 6.45) is 2.64. The van der Waals surface area contributed by atoms with Crippen LogP contribution in [0, 0.1) is 0 Å². The highest BCUT2D eigenvalue weighted by atomic mass is 35.5. The number of thiophene rings is 2. The van der Waals surface area contributed by atoms with Crippen LogP contribution in [0.4, 0.5) is 0 Å². The summed E-state index contributed by atoms with van der Waals surface area (Å²) in [7, 11) is 1.84. The van der Waals surface area contributed by atoms with Crippen molar-refractivity contribution in [2.75, 3.05) is 6.54 Å². The molecule has 35 heavy (non-hydrogen) atoms. The Hall–Kier alpha value is -2.78. The molecule has 6 nitrogen and oxygen atoms in total. The quantitative estimate of drug-likeness (QED) is 0.186. The predicted octanol–water partition coefficient (Wildman–Crippen LogP) is 6.73. The van der Waals surface area contributed by atoms with Crippen molar-refractivity contribution in [3.05, 3.63) is 79.0 Å². The van der Waals surface area contributed by atoms with E-state index < -0.39 is 0 Å². The van der Waals surface area contributed by atoms with Crippen LogP contribution >= 0.6 is 45.9 Å². The third-order valence-corrected chi connectivity index (χ3v) is 8.41. The average Bonchev–Trinajstić information content (AvgIpc) is 3.58. The lowest BCUT2D eigenvalue weighted by atomic mass is 10.1. The van der Waals surface area contributed by atoms with Crippen LogP contribution < -0.4 is 0 Å². The van der Waals surface area contributed by atoms with E-state index in [1.54, 1.807) is 53.5 Å². The molecule has 0 amide bonds. The molecule has 0 bridgehead atoms. The van der Waals surface area contributed by atoms with E-state index in [-0.39, 0.29) is 23.9 Å². The van der Waals surface area contributed by atoms with E-state index >= 15 is 0 Å². The average molecular weight is 547 g/mol. The minimum atomic E-state index is -0.181. The van der Waals surface area contributed by atoms with Crippen LogP contribution in [-0.4, -0.2) is 38.7 Å². The van der Waals surface area contributed by atoms with Gasteiger partial charge in [0.15, 0.2) is 11.6 Å². The number of aryl methyl sites for hydroxylation is 2. The van der Waals surface area contributed by atoms with E-state index in [0.717, 1.165) is 11.3 Å². The number of aromatic nitrogens is 2. The number of hydrogen-bond donors (Lipinski definition) is 1. The van der Waals surface area contributed by atoms with Crippen LogP contribution in [-0.2, 0) is 13.5 Å². The standard InChI is InChI=1S/C25H21Cl2N3O3S2/c1-14(17-13-34-25(24(17)33)15-3-5-18(26)19(27)11-15)28-12-21(32)23-8-7-22(35-23)20(31)6-4-16-9-10-29-30(16)2/h3,5,7-11,13,33H,4,6,12H2,1-2H3. The maximum atomic E-state index is 12.7. The van der Waals surface area contributed by atoms with Crippen LogP contribution in [0.2, 0.25) is 10.0 Å². The third kappa shape index (κ3) is 5.73. The van der Waals surface area contributed by atoms with Crippen molar-refractivity contribution in [1.82, 2.24) is 9.78 Å². The van der Waals surface area contributed by atoms with Gasteiger partial charge < -0.3 is 5.11 Å². The number of aromatic hydroxyl groups is 1. The van der Waals surface area contributed by atoms with Gasteiger partial charge in [-0.25, -0.2) is 0 Å². The van der Waals surface area contributed by atoms with Crippen molar-refractivity contribution in [2.45, 2.75) is 19.8 Å². The molecule has 3 heterocycles. The molecule has 0 aliphatic carbocycles. The maximum absolute atomic E-state index is 12.7. The number of benzene rings is 1. The van der Waals surface area contributed by atoms with E-state index in [1.165, 1.54) is 22.7 Å². The number of halogens is 2. The predicted molar refractivity (Wildman–Crippen MR) is 143 cm³/mol. The Kier molecular flexibility index (Phi) is 7.86. The van der Waals surface area contributed by atoms with Crippen LogP contribution in [0.5, 0.6) is 5.75 Å². The van der Waals surface area contributed by atoms with Crippen molar-refractivity contribution in [3.8, 4) is 16.2 Å². The highest BCUT2D eigenvalue weighted by molar-refractivity contribution is 7.16. The van der Waals surface area contributed by atoms with Crippen molar-refractivity contribution < 1.29 is 14.7 Å². The molecule has 1 aromatic carbocycles. The summed E-state index contributed by atoms with van der Waals surface area (Å²) < 4.78 is 1.75. The van der Waals surface area contributed by atoms with E-state index in [4.69, 9.17) is 23.2 Å². The van der Waals surface area contributed by atoms with Gasteiger partial charge in [-0.1, -0.05) is 29.3 Å². The Labute approximate surface area is 220 Å². The number of carbonyl (C=O) groups is 2. The van der Waals surface area contributed by atoms with Gasteiger partial charge in [0, 0.05) is 42.0 Å². The van der Waals surface area contributed by atoms with Gasteiger partial charge in [-0.3, -0.25) is 19.3 Å². The van der Waals surface area contributed by atoms with E-state index in [1.807, 2.05) is 13.1 Å². The van der Waals surface area contributed by atoms with Crippen molar-refractivity contribution in [1.29, 1.82) is 0 Å².